The third-order valence-electron chi connectivity index (χ3n) is 3.01. The lowest BCUT2D eigenvalue weighted by atomic mass is 9.92. The SMILES string of the molecule is CC(C)c1cccc([PH](=O)O)c1-c1ccccc1. The smallest absolute Gasteiger partial charge is 0.218 e. The molecule has 2 aromatic rings. The highest BCUT2D eigenvalue weighted by Crippen LogP contribution is 2.32. The van der Waals surface area contributed by atoms with Gasteiger partial charge in [0.25, 0.3) is 0 Å². The molecule has 0 saturated carbocycles. The molecule has 0 amide bonds. The minimum Gasteiger partial charge on any atom is -0.343 e. The van der Waals surface area contributed by atoms with Crippen molar-refractivity contribution in [1.29, 1.82) is 0 Å². The summed E-state index contributed by atoms with van der Waals surface area (Å²) < 4.78 is 11.6. The van der Waals surface area contributed by atoms with Crippen molar-refractivity contribution in [3.05, 3.63) is 54.1 Å². The standard InChI is InChI=1S/C15H17O2P/c1-11(2)13-9-6-10-14(18(16)17)15(13)12-7-4-3-5-8-12/h3-11,18H,1-2H3,(H,16,17). The van der Waals surface area contributed by atoms with E-state index in [0.717, 1.165) is 16.7 Å². The molecule has 0 aliphatic rings. The minimum atomic E-state index is -2.69. The fourth-order valence-electron chi connectivity index (χ4n) is 2.16. The van der Waals surface area contributed by atoms with Crippen LogP contribution in [0.2, 0.25) is 0 Å². The molecule has 0 fully saturated rings. The largest absolute Gasteiger partial charge is 0.343 e. The Labute approximate surface area is 108 Å². The molecule has 2 aromatic carbocycles. The van der Waals surface area contributed by atoms with Gasteiger partial charge in [-0.3, -0.25) is 4.57 Å². The first kappa shape index (κ1) is 13.1. The molecule has 0 aromatic heterocycles. The van der Waals surface area contributed by atoms with Crippen LogP contribution in [0.4, 0.5) is 0 Å². The summed E-state index contributed by atoms with van der Waals surface area (Å²) in [4.78, 5) is 9.52. The molecule has 1 unspecified atom stereocenters. The molecular formula is C15H17O2P. The maximum atomic E-state index is 11.6. The zero-order chi connectivity index (χ0) is 13.1. The normalized spacial score (nSPS) is 12.7. The van der Waals surface area contributed by atoms with Crippen LogP contribution < -0.4 is 5.30 Å². The number of benzene rings is 2. The Kier molecular flexibility index (Phi) is 4.00. The van der Waals surface area contributed by atoms with Crippen molar-refractivity contribution in [1.82, 2.24) is 0 Å². The topological polar surface area (TPSA) is 37.3 Å². The molecule has 0 spiro atoms. The quantitative estimate of drug-likeness (QED) is 0.856. The van der Waals surface area contributed by atoms with Crippen molar-refractivity contribution in [2.45, 2.75) is 19.8 Å². The van der Waals surface area contributed by atoms with Crippen LogP contribution in [0.3, 0.4) is 0 Å². The van der Waals surface area contributed by atoms with Crippen molar-refractivity contribution >= 4 is 13.3 Å². The van der Waals surface area contributed by atoms with Crippen LogP contribution in [0.5, 0.6) is 0 Å². The van der Waals surface area contributed by atoms with E-state index in [4.69, 9.17) is 0 Å². The zero-order valence-corrected chi connectivity index (χ0v) is 11.6. The van der Waals surface area contributed by atoms with E-state index in [-0.39, 0.29) is 0 Å². The average Bonchev–Trinajstić information content (AvgIpc) is 2.38. The van der Waals surface area contributed by atoms with Crippen molar-refractivity contribution in [2.75, 3.05) is 0 Å². The first-order valence-corrected chi connectivity index (χ1v) is 7.38. The molecule has 1 N–H and O–H groups in total. The van der Waals surface area contributed by atoms with Gasteiger partial charge in [0.15, 0.2) is 0 Å². The molecule has 0 heterocycles. The van der Waals surface area contributed by atoms with Crippen LogP contribution in [-0.4, -0.2) is 4.89 Å². The summed E-state index contributed by atoms with van der Waals surface area (Å²) in [5.41, 5.74) is 3.04. The Balaban J connectivity index is 2.73. The molecule has 0 saturated heterocycles. The van der Waals surface area contributed by atoms with Gasteiger partial charge in [-0.2, -0.15) is 0 Å². The molecule has 2 nitrogen and oxygen atoms in total. The molecule has 18 heavy (non-hydrogen) atoms. The highest BCUT2D eigenvalue weighted by molar-refractivity contribution is 7.47. The first-order chi connectivity index (χ1) is 8.61. The Morgan fingerprint density at radius 1 is 1.00 bits per heavy atom. The Bertz CT molecular complexity index is 562. The second-order valence-electron chi connectivity index (χ2n) is 4.60. The first-order valence-electron chi connectivity index (χ1n) is 6.03. The predicted octanol–water partition coefficient (Wildman–Crippen LogP) is 3.57. The van der Waals surface area contributed by atoms with E-state index >= 15 is 0 Å². The fourth-order valence-corrected chi connectivity index (χ4v) is 2.90. The van der Waals surface area contributed by atoms with Gasteiger partial charge < -0.3 is 4.89 Å². The Hall–Kier alpha value is -1.37. The van der Waals surface area contributed by atoms with E-state index in [1.807, 2.05) is 42.5 Å². The van der Waals surface area contributed by atoms with Gasteiger partial charge in [0, 0.05) is 5.30 Å². The van der Waals surface area contributed by atoms with Gasteiger partial charge in [-0.1, -0.05) is 56.3 Å². The lowest BCUT2D eigenvalue weighted by molar-refractivity contribution is 0.513. The third-order valence-corrected chi connectivity index (χ3v) is 3.89. The summed E-state index contributed by atoms with van der Waals surface area (Å²) in [6, 6.07) is 15.4. The molecule has 0 aliphatic heterocycles. The minimum absolute atomic E-state index is 0.321. The van der Waals surface area contributed by atoms with Crippen molar-refractivity contribution in [3.8, 4) is 11.1 Å². The Morgan fingerprint density at radius 2 is 1.67 bits per heavy atom. The van der Waals surface area contributed by atoms with Gasteiger partial charge in [-0.25, -0.2) is 0 Å². The maximum absolute atomic E-state index is 11.6. The van der Waals surface area contributed by atoms with E-state index in [1.54, 1.807) is 6.07 Å². The van der Waals surface area contributed by atoms with E-state index in [2.05, 4.69) is 13.8 Å². The summed E-state index contributed by atoms with van der Waals surface area (Å²) in [7, 11) is -2.69. The van der Waals surface area contributed by atoms with Crippen LogP contribution in [0.15, 0.2) is 48.5 Å². The van der Waals surface area contributed by atoms with E-state index < -0.39 is 8.03 Å². The van der Waals surface area contributed by atoms with Crippen LogP contribution in [-0.2, 0) is 4.57 Å². The third kappa shape index (κ3) is 2.55. The monoisotopic (exact) mass is 260 g/mol. The van der Waals surface area contributed by atoms with Crippen LogP contribution in [0.25, 0.3) is 11.1 Å². The lowest BCUT2D eigenvalue weighted by Crippen LogP contribution is -2.06. The van der Waals surface area contributed by atoms with Crippen molar-refractivity contribution in [3.63, 3.8) is 0 Å². The van der Waals surface area contributed by atoms with Crippen molar-refractivity contribution < 1.29 is 9.46 Å². The highest BCUT2D eigenvalue weighted by Gasteiger charge is 2.15. The number of hydrogen-bond donors (Lipinski definition) is 1. The molecule has 2 rings (SSSR count). The van der Waals surface area contributed by atoms with Crippen LogP contribution in [0, 0.1) is 0 Å². The second-order valence-corrected chi connectivity index (χ2v) is 5.74. The van der Waals surface area contributed by atoms with E-state index in [0.29, 0.717) is 11.2 Å². The Morgan fingerprint density at radius 3 is 2.22 bits per heavy atom. The van der Waals surface area contributed by atoms with Gasteiger partial charge in [-0.15, -0.1) is 0 Å². The van der Waals surface area contributed by atoms with E-state index in [9.17, 15) is 9.46 Å². The van der Waals surface area contributed by atoms with Crippen LogP contribution in [0.1, 0.15) is 25.3 Å². The predicted molar refractivity (Wildman–Crippen MR) is 76.8 cm³/mol. The molecule has 0 aliphatic carbocycles. The molecule has 1 atom stereocenters. The zero-order valence-electron chi connectivity index (χ0n) is 10.6. The van der Waals surface area contributed by atoms with Crippen LogP contribution >= 0.6 is 8.03 Å². The lowest BCUT2D eigenvalue weighted by Gasteiger charge is -2.16. The van der Waals surface area contributed by atoms with Gasteiger partial charge in [-0.05, 0) is 28.7 Å². The van der Waals surface area contributed by atoms with Gasteiger partial charge >= 0.3 is 0 Å². The molecular weight excluding hydrogens is 243 g/mol. The second kappa shape index (κ2) is 5.51. The molecule has 94 valence electrons. The summed E-state index contributed by atoms with van der Waals surface area (Å²) in [6.45, 7) is 4.19. The van der Waals surface area contributed by atoms with Gasteiger partial charge in [0.2, 0.25) is 8.03 Å². The molecule has 0 radical (unpaired) electrons. The number of rotatable bonds is 3. The average molecular weight is 260 g/mol. The molecule has 0 bridgehead atoms. The van der Waals surface area contributed by atoms with Gasteiger partial charge in [0.05, 0.1) is 0 Å². The van der Waals surface area contributed by atoms with Crippen molar-refractivity contribution in [2.24, 2.45) is 0 Å². The maximum Gasteiger partial charge on any atom is 0.218 e. The summed E-state index contributed by atoms with van der Waals surface area (Å²) in [6.07, 6.45) is 0. The molecule has 3 heteroatoms. The number of hydrogen-bond acceptors (Lipinski definition) is 1. The summed E-state index contributed by atoms with van der Waals surface area (Å²) >= 11 is 0. The van der Waals surface area contributed by atoms with Gasteiger partial charge in [0.1, 0.15) is 0 Å². The fraction of sp³-hybridized carbons (Fsp3) is 0.200. The highest BCUT2D eigenvalue weighted by atomic mass is 31.1. The summed E-state index contributed by atoms with van der Waals surface area (Å²) in [5.74, 6) is 0.321. The van der Waals surface area contributed by atoms with E-state index in [1.165, 1.54) is 0 Å². The summed E-state index contributed by atoms with van der Waals surface area (Å²) in [5, 5.41) is 0.553.